The van der Waals surface area contributed by atoms with Gasteiger partial charge in [-0.1, -0.05) is 35.3 Å². The molecule has 4 nitrogen and oxygen atoms in total. The zero-order valence-electron chi connectivity index (χ0n) is 13.1. The molecular weight excluding hydrogens is 462 g/mol. The number of hydrogen-bond donors (Lipinski definition) is 2. The van der Waals surface area contributed by atoms with Crippen LogP contribution in [0.4, 0.5) is 15.9 Å². The van der Waals surface area contributed by atoms with Gasteiger partial charge in [-0.05, 0) is 58.5 Å². The molecule has 0 fully saturated rings. The second kappa shape index (κ2) is 8.35. The molecule has 2 N–H and O–H groups in total. The lowest BCUT2D eigenvalue weighted by atomic mass is 10.2. The van der Waals surface area contributed by atoms with Gasteiger partial charge in [0.2, 0.25) is 0 Å². The molecule has 2 aromatic carbocycles. The number of nitrogens with one attached hydrogen (secondary N) is 2. The molecule has 0 aliphatic carbocycles. The van der Waals surface area contributed by atoms with Gasteiger partial charge in [0.15, 0.2) is 10.9 Å². The number of thiocarbonyl (C=S) groups is 1. The normalized spacial score (nSPS) is 10.6. The summed E-state index contributed by atoms with van der Waals surface area (Å²) in [7, 11) is 0. The molecule has 9 heteroatoms. The molecule has 0 aliphatic rings. The molecule has 0 bridgehead atoms. The van der Waals surface area contributed by atoms with E-state index in [4.69, 9.17) is 35.4 Å². The average molecular weight is 474 g/mol. The fraction of sp³-hybridized carbons (Fsp3) is 0.0588. The molecule has 0 spiro atoms. The molecule has 0 atom stereocenters. The molecule has 0 saturated carbocycles. The van der Waals surface area contributed by atoms with Crippen molar-refractivity contribution < 1.29 is 4.39 Å². The molecule has 1 heterocycles. The van der Waals surface area contributed by atoms with Gasteiger partial charge >= 0.3 is 0 Å². The second-order valence-corrected chi connectivity index (χ2v) is 7.42. The van der Waals surface area contributed by atoms with Crippen molar-refractivity contribution in [3.63, 3.8) is 0 Å². The minimum Gasteiger partial charge on any atom is -0.332 e. The zero-order valence-corrected chi connectivity index (χ0v) is 17.1. The lowest BCUT2D eigenvalue weighted by Crippen LogP contribution is -2.19. The van der Waals surface area contributed by atoms with Crippen molar-refractivity contribution in [2.45, 2.75) is 6.54 Å². The molecule has 0 aliphatic heterocycles. The molecular formula is C17H12BrCl2FN4S. The number of nitrogens with zero attached hydrogens (tertiary/aromatic N) is 2. The Morgan fingerprint density at radius 1 is 1.19 bits per heavy atom. The molecule has 3 rings (SSSR count). The first-order valence-electron chi connectivity index (χ1n) is 7.42. The predicted octanol–water partition coefficient (Wildman–Crippen LogP) is 5.95. The van der Waals surface area contributed by atoms with Gasteiger partial charge in [-0.2, -0.15) is 5.10 Å². The van der Waals surface area contributed by atoms with E-state index in [1.165, 1.54) is 6.07 Å². The SMILES string of the molecule is Fc1cccc(Cl)c1Cn1cc(Br)c(NC(=S)Nc2cccc(Cl)c2)n1. The Morgan fingerprint density at radius 3 is 2.69 bits per heavy atom. The summed E-state index contributed by atoms with van der Waals surface area (Å²) in [6, 6.07) is 11.8. The van der Waals surface area contributed by atoms with Crippen LogP contribution in [0.5, 0.6) is 0 Å². The van der Waals surface area contributed by atoms with E-state index in [9.17, 15) is 4.39 Å². The van der Waals surface area contributed by atoms with E-state index in [0.717, 1.165) is 5.69 Å². The van der Waals surface area contributed by atoms with Crippen molar-refractivity contribution in [2.75, 3.05) is 10.6 Å². The van der Waals surface area contributed by atoms with E-state index in [2.05, 4.69) is 31.7 Å². The van der Waals surface area contributed by atoms with Gasteiger partial charge in [0.05, 0.1) is 11.0 Å². The smallest absolute Gasteiger partial charge is 0.176 e. The van der Waals surface area contributed by atoms with Crippen molar-refractivity contribution in [1.29, 1.82) is 0 Å². The van der Waals surface area contributed by atoms with Crippen LogP contribution in [0.2, 0.25) is 10.0 Å². The molecule has 1 aromatic heterocycles. The summed E-state index contributed by atoms with van der Waals surface area (Å²) >= 11 is 20.7. The molecule has 0 saturated heterocycles. The highest BCUT2D eigenvalue weighted by atomic mass is 79.9. The summed E-state index contributed by atoms with van der Waals surface area (Å²) in [6.07, 6.45) is 1.72. The fourth-order valence-electron chi connectivity index (χ4n) is 2.24. The van der Waals surface area contributed by atoms with E-state index in [-0.39, 0.29) is 12.4 Å². The van der Waals surface area contributed by atoms with Crippen LogP contribution in [0, 0.1) is 5.82 Å². The van der Waals surface area contributed by atoms with Crippen LogP contribution >= 0.6 is 51.3 Å². The van der Waals surface area contributed by atoms with E-state index in [1.807, 2.05) is 12.1 Å². The Labute approximate surface area is 173 Å². The maximum absolute atomic E-state index is 13.9. The van der Waals surface area contributed by atoms with E-state index in [0.29, 0.717) is 31.0 Å². The lowest BCUT2D eigenvalue weighted by molar-refractivity contribution is 0.586. The molecule has 0 radical (unpaired) electrons. The third-order valence-corrected chi connectivity index (χ3v) is 4.79. The summed E-state index contributed by atoms with van der Waals surface area (Å²) in [5.74, 6) is 0.119. The topological polar surface area (TPSA) is 41.9 Å². The van der Waals surface area contributed by atoms with Crippen molar-refractivity contribution in [2.24, 2.45) is 0 Å². The summed E-state index contributed by atoms with van der Waals surface area (Å²) in [4.78, 5) is 0. The van der Waals surface area contributed by atoms with E-state index < -0.39 is 0 Å². The van der Waals surface area contributed by atoms with Gasteiger partial charge in [0.1, 0.15) is 5.82 Å². The fourth-order valence-corrected chi connectivity index (χ4v) is 3.29. The molecule has 3 aromatic rings. The highest BCUT2D eigenvalue weighted by Crippen LogP contribution is 2.24. The maximum Gasteiger partial charge on any atom is 0.176 e. The monoisotopic (exact) mass is 472 g/mol. The molecule has 0 unspecified atom stereocenters. The first-order valence-corrected chi connectivity index (χ1v) is 9.37. The Bertz CT molecular complexity index is 943. The predicted molar refractivity (Wildman–Crippen MR) is 112 cm³/mol. The summed E-state index contributed by atoms with van der Waals surface area (Å²) < 4.78 is 16.2. The van der Waals surface area contributed by atoms with Gasteiger partial charge in [0, 0.05) is 27.5 Å². The number of anilines is 2. The van der Waals surface area contributed by atoms with Gasteiger partial charge < -0.3 is 10.6 Å². The van der Waals surface area contributed by atoms with Crippen LogP contribution in [0.3, 0.4) is 0 Å². The summed E-state index contributed by atoms with van der Waals surface area (Å²) in [5.41, 5.74) is 1.12. The van der Waals surface area contributed by atoms with Gasteiger partial charge in [-0.3, -0.25) is 4.68 Å². The first-order chi connectivity index (χ1) is 12.4. The van der Waals surface area contributed by atoms with Crippen LogP contribution in [-0.2, 0) is 6.54 Å². The van der Waals surface area contributed by atoms with E-state index >= 15 is 0 Å². The second-order valence-electron chi connectivity index (χ2n) is 5.31. The van der Waals surface area contributed by atoms with Crippen molar-refractivity contribution in [3.8, 4) is 0 Å². The highest BCUT2D eigenvalue weighted by molar-refractivity contribution is 9.10. The van der Waals surface area contributed by atoms with Gasteiger partial charge in [0.25, 0.3) is 0 Å². The van der Waals surface area contributed by atoms with Gasteiger partial charge in [-0.15, -0.1) is 0 Å². The molecule has 0 amide bonds. The van der Waals surface area contributed by atoms with Crippen molar-refractivity contribution in [1.82, 2.24) is 9.78 Å². The van der Waals surface area contributed by atoms with Crippen LogP contribution in [0.15, 0.2) is 53.1 Å². The van der Waals surface area contributed by atoms with Crippen LogP contribution in [-0.4, -0.2) is 14.9 Å². The van der Waals surface area contributed by atoms with Crippen LogP contribution in [0.25, 0.3) is 0 Å². The van der Waals surface area contributed by atoms with Crippen LogP contribution < -0.4 is 10.6 Å². The zero-order chi connectivity index (χ0) is 18.7. The Balaban J connectivity index is 1.71. The Kier molecular flexibility index (Phi) is 6.13. The quantitative estimate of drug-likeness (QED) is 0.459. The Hall–Kier alpha value is -1.67. The minimum atomic E-state index is -0.378. The number of halogens is 4. The third kappa shape index (κ3) is 4.73. The largest absolute Gasteiger partial charge is 0.332 e. The number of hydrogen-bond acceptors (Lipinski definition) is 2. The maximum atomic E-state index is 13.9. The Morgan fingerprint density at radius 2 is 1.96 bits per heavy atom. The standard InChI is InChI=1S/C17H12BrCl2FN4S/c18-13-9-25(8-12-14(20)5-2-6-15(12)21)24-16(13)23-17(26)22-11-4-1-3-10(19)7-11/h1-7,9H,8H2,(H2,22,23,24,26). The number of benzene rings is 2. The molecule has 134 valence electrons. The lowest BCUT2D eigenvalue weighted by Gasteiger charge is -2.09. The summed E-state index contributed by atoms with van der Waals surface area (Å²) in [6.45, 7) is 0.195. The molecule has 26 heavy (non-hydrogen) atoms. The van der Waals surface area contributed by atoms with Crippen LogP contribution in [0.1, 0.15) is 5.56 Å². The third-order valence-electron chi connectivity index (χ3n) is 3.41. The first kappa shape index (κ1) is 19.1. The van der Waals surface area contributed by atoms with Gasteiger partial charge in [-0.25, -0.2) is 4.39 Å². The number of aromatic nitrogens is 2. The minimum absolute atomic E-state index is 0.195. The average Bonchev–Trinajstić information content (AvgIpc) is 2.90. The van der Waals surface area contributed by atoms with Crippen molar-refractivity contribution in [3.05, 3.63) is 74.6 Å². The summed E-state index contributed by atoms with van der Waals surface area (Å²) in [5, 5.41) is 11.7. The van der Waals surface area contributed by atoms with E-state index in [1.54, 1.807) is 35.1 Å². The highest BCUT2D eigenvalue weighted by Gasteiger charge is 2.12. The number of rotatable bonds is 4. The van der Waals surface area contributed by atoms with Crippen molar-refractivity contribution >= 4 is 68.0 Å².